The molecule has 0 spiro atoms. The summed E-state index contributed by atoms with van der Waals surface area (Å²) in [7, 11) is 0. The zero-order valence-corrected chi connectivity index (χ0v) is 18.6. The number of carbonyl (C=O) groups excluding carboxylic acids is 1. The van der Waals surface area contributed by atoms with Crippen LogP contribution in [-0.4, -0.2) is 22.0 Å². The lowest BCUT2D eigenvalue weighted by molar-refractivity contribution is -0.137. The molecule has 1 aliphatic rings. The highest BCUT2D eigenvalue weighted by Gasteiger charge is 2.53. The summed E-state index contributed by atoms with van der Waals surface area (Å²) in [5.74, 6) is -3.19. The Kier molecular flexibility index (Phi) is 6.27. The van der Waals surface area contributed by atoms with E-state index in [1.54, 1.807) is 6.92 Å². The molecule has 36 heavy (non-hydrogen) atoms. The molecule has 4 rings (SSSR count). The van der Waals surface area contributed by atoms with E-state index in [0.29, 0.717) is 17.7 Å². The summed E-state index contributed by atoms with van der Waals surface area (Å²) >= 11 is 0. The van der Waals surface area contributed by atoms with Crippen LogP contribution in [0.2, 0.25) is 0 Å². The predicted octanol–water partition coefficient (Wildman–Crippen LogP) is 6.52. The van der Waals surface area contributed by atoms with Gasteiger partial charge in [0.2, 0.25) is 5.91 Å². The van der Waals surface area contributed by atoms with E-state index in [4.69, 9.17) is 0 Å². The summed E-state index contributed by atoms with van der Waals surface area (Å²) in [4.78, 5) is 28.7. The van der Waals surface area contributed by atoms with E-state index >= 15 is 0 Å². The van der Waals surface area contributed by atoms with Gasteiger partial charge in [0.15, 0.2) is 0 Å². The van der Waals surface area contributed by atoms with Crippen molar-refractivity contribution in [3.05, 3.63) is 82.4 Å². The third-order valence-electron chi connectivity index (χ3n) is 6.12. The Bertz CT molecular complexity index is 1350. The van der Waals surface area contributed by atoms with E-state index in [1.165, 1.54) is 18.2 Å². The molecule has 2 aromatic carbocycles. The van der Waals surface area contributed by atoms with Gasteiger partial charge in [-0.2, -0.15) is 13.2 Å². The number of aromatic nitrogens is 1. The van der Waals surface area contributed by atoms with Crippen LogP contribution < -0.4 is 5.32 Å². The number of nitrogens with zero attached hydrogens (tertiary/aromatic N) is 1. The van der Waals surface area contributed by atoms with Crippen molar-refractivity contribution in [3.8, 4) is 11.1 Å². The Morgan fingerprint density at radius 2 is 1.78 bits per heavy atom. The minimum absolute atomic E-state index is 0.0782. The van der Waals surface area contributed by atoms with Gasteiger partial charge in [0.1, 0.15) is 11.5 Å². The van der Waals surface area contributed by atoms with Gasteiger partial charge in [-0.1, -0.05) is 12.1 Å². The number of alkyl halides is 5. The topological polar surface area (TPSA) is 79.3 Å². The van der Waals surface area contributed by atoms with E-state index in [2.05, 4.69) is 10.3 Å². The molecule has 1 aliphatic carbocycles. The van der Waals surface area contributed by atoms with Crippen LogP contribution in [0.25, 0.3) is 11.1 Å². The number of nitrogens with one attached hydrogen (secondary N) is 1. The number of carboxylic acids is 1. The second-order valence-electron chi connectivity index (χ2n) is 8.52. The van der Waals surface area contributed by atoms with Crippen molar-refractivity contribution >= 4 is 17.6 Å². The number of amides is 1. The minimum atomic E-state index is -4.74. The van der Waals surface area contributed by atoms with Crippen LogP contribution in [0.15, 0.2) is 48.7 Å². The van der Waals surface area contributed by atoms with Crippen molar-refractivity contribution in [1.82, 2.24) is 4.98 Å². The molecule has 0 unspecified atom stereocenters. The highest BCUT2D eigenvalue weighted by atomic mass is 19.4. The number of halogens is 6. The number of aryl methyl sites for hydroxylation is 1. The molecule has 0 bridgehead atoms. The van der Waals surface area contributed by atoms with Gasteiger partial charge in [-0.25, -0.2) is 18.0 Å². The number of hydrogen-bond donors (Lipinski definition) is 2. The number of carbonyl (C=O) groups is 2. The second-order valence-corrected chi connectivity index (χ2v) is 8.52. The van der Waals surface area contributed by atoms with Crippen LogP contribution in [0.4, 0.5) is 32.0 Å². The molecule has 1 heterocycles. The number of carboxylic acid groups (broad SMARTS) is 1. The normalized spacial score (nSPS) is 14.6. The summed E-state index contributed by atoms with van der Waals surface area (Å²) in [5, 5.41) is 12.3. The van der Waals surface area contributed by atoms with Gasteiger partial charge in [0.05, 0.1) is 16.5 Å². The van der Waals surface area contributed by atoms with Crippen molar-refractivity contribution < 1.29 is 41.0 Å². The quantitative estimate of drug-likeness (QED) is 0.372. The fourth-order valence-electron chi connectivity index (χ4n) is 4.17. The van der Waals surface area contributed by atoms with Gasteiger partial charge in [-0.3, -0.25) is 9.78 Å². The summed E-state index contributed by atoms with van der Waals surface area (Å²) < 4.78 is 78.8. The maximum absolute atomic E-state index is 14.6. The van der Waals surface area contributed by atoms with Gasteiger partial charge >= 0.3 is 12.1 Å². The van der Waals surface area contributed by atoms with Gasteiger partial charge in [-0.05, 0) is 55.7 Å². The Labute approximate surface area is 200 Å². The lowest BCUT2D eigenvalue weighted by Gasteiger charge is -2.19. The Balaban J connectivity index is 1.65. The van der Waals surface area contributed by atoms with Crippen LogP contribution in [0, 0.1) is 12.7 Å². The zero-order valence-electron chi connectivity index (χ0n) is 18.6. The third kappa shape index (κ3) is 4.65. The van der Waals surface area contributed by atoms with Crippen molar-refractivity contribution in [1.29, 1.82) is 0 Å². The first-order valence-corrected chi connectivity index (χ1v) is 10.6. The molecular formula is C25H18F6N2O3. The van der Waals surface area contributed by atoms with Crippen molar-refractivity contribution in [2.45, 2.75) is 37.8 Å². The molecule has 11 heteroatoms. The number of anilines is 1. The molecule has 0 radical (unpaired) electrons. The van der Waals surface area contributed by atoms with Gasteiger partial charge in [0.25, 0.3) is 6.43 Å². The second kappa shape index (κ2) is 8.96. The molecule has 0 atom stereocenters. The number of hydrogen-bond acceptors (Lipinski definition) is 3. The number of aromatic carboxylic acids is 1. The van der Waals surface area contributed by atoms with Crippen molar-refractivity contribution in [2.24, 2.45) is 0 Å². The summed E-state index contributed by atoms with van der Waals surface area (Å²) in [5.41, 5.74) is -2.47. The molecule has 3 aromatic rings. The molecule has 0 aliphatic heterocycles. The van der Waals surface area contributed by atoms with Crippen molar-refractivity contribution in [3.63, 3.8) is 0 Å². The Morgan fingerprint density at radius 3 is 2.28 bits per heavy atom. The van der Waals surface area contributed by atoms with E-state index < -0.39 is 47.0 Å². The van der Waals surface area contributed by atoms with E-state index in [-0.39, 0.29) is 40.8 Å². The molecule has 1 aromatic heterocycles. The first-order valence-electron chi connectivity index (χ1n) is 10.6. The highest BCUT2D eigenvalue weighted by Crippen LogP contribution is 2.50. The average molecular weight is 508 g/mol. The van der Waals surface area contributed by atoms with Crippen LogP contribution in [-0.2, 0) is 16.4 Å². The zero-order chi connectivity index (χ0) is 26.4. The summed E-state index contributed by atoms with van der Waals surface area (Å²) in [6.45, 7) is 1.56. The van der Waals surface area contributed by atoms with Crippen LogP contribution in [0.3, 0.4) is 0 Å². The van der Waals surface area contributed by atoms with Gasteiger partial charge in [0, 0.05) is 28.6 Å². The van der Waals surface area contributed by atoms with Crippen LogP contribution in [0.5, 0.6) is 0 Å². The molecule has 2 N–H and O–H groups in total. The van der Waals surface area contributed by atoms with Gasteiger partial charge < -0.3 is 10.4 Å². The Hall–Kier alpha value is -3.89. The highest BCUT2D eigenvalue weighted by molar-refractivity contribution is 6.04. The summed E-state index contributed by atoms with van der Waals surface area (Å²) in [6, 6.07) is 7.02. The third-order valence-corrected chi connectivity index (χ3v) is 6.12. The smallest absolute Gasteiger partial charge is 0.416 e. The molecular weight excluding hydrogens is 490 g/mol. The van der Waals surface area contributed by atoms with Crippen LogP contribution >= 0.6 is 0 Å². The lowest BCUT2D eigenvalue weighted by Crippen LogP contribution is -2.29. The molecule has 1 amide bonds. The monoisotopic (exact) mass is 508 g/mol. The van der Waals surface area contributed by atoms with E-state index in [0.717, 1.165) is 18.3 Å². The first kappa shape index (κ1) is 25.2. The number of pyridine rings is 1. The minimum Gasteiger partial charge on any atom is -0.478 e. The van der Waals surface area contributed by atoms with Crippen LogP contribution in [0.1, 0.15) is 52.0 Å². The predicted molar refractivity (Wildman–Crippen MR) is 117 cm³/mol. The van der Waals surface area contributed by atoms with E-state index in [9.17, 15) is 41.0 Å². The average Bonchev–Trinajstić information content (AvgIpc) is 3.60. The number of benzene rings is 2. The maximum Gasteiger partial charge on any atom is 0.416 e. The van der Waals surface area contributed by atoms with Gasteiger partial charge in [-0.15, -0.1) is 0 Å². The molecule has 5 nitrogen and oxygen atoms in total. The molecule has 188 valence electrons. The largest absolute Gasteiger partial charge is 0.478 e. The molecule has 1 fully saturated rings. The first-order chi connectivity index (χ1) is 16.8. The maximum atomic E-state index is 14.6. The van der Waals surface area contributed by atoms with Crippen molar-refractivity contribution in [2.75, 3.05) is 5.32 Å². The fourth-order valence-corrected chi connectivity index (χ4v) is 4.17. The summed E-state index contributed by atoms with van der Waals surface area (Å²) in [6.07, 6.45) is -6.00. The van der Waals surface area contributed by atoms with E-state index in [1.807, 2.05) is 0 Å². The standard InChI is InChI=1S/C25H18F6N2O3/c1-12-8-15(10-16(22(34)35)20(12)13-2-5-19(21(27)28)32-11-13)33-23(36)24(6-7-24)17-4-3-14(9-18(17)26)25(29,30)31/h2-5,8-11,21H,6-7H2,1H3,(H,33,36)(H,34,35). The molecule has 1 saturated carbocycles. The molecule has 0 saturated heterocycles. The lowest BCUT2D eigenvalue weighted by atomic mass is 9.92. The SMILES string of the molecule is Cc1cc(NC(=O)C2(c3ccc(C(F)(F)F)cc3F)CC2)cc(C(=O)O)c1-c1ccc(C(F)F)nc1. The fraction of sp³-hybridized carbons (Fsp3) is 0.240. The number of rotatable bonds is 6. The Morgan fingerprint density at radius 1 is 1.08 bits per heavy atom.